The summed E-state index contributed by atoms with van der Waals surface area (Å²) < 4.78 is 20.9. The number of fused-ring (bicyclic) bond motifs is 1. The molecule has 0 radical (unpaired) electrons. The first kappa shape index (κ1) is 13.3. The lowest BCUT2D eigenvalue weighted by Crippen LogP contribution is -2.18. The molecule has 4 rings (SSSR count). The topological polar surface area (TPSA) is 52.8 Å². The molecule has 0 N–H and O–H groups in total. The first-order chi connectivity index (χ1) is 10.8. The van der Waals surface area contributed by atoms with Crippen molar-refractivity contribution in [3.05, 3.63) is 42.7 Å². The molecule has 1 fully saturated rings. The number of ether oxygens (including phenoxy) is 1. The summed E-state index contributed by atoms with van der Waals surface area (Å²) >= 11 is 0. The lowest BCUT2D eigenvalue weighted by Gasteiger charge is -2.23. The fourth-order valence-corrected chi connectivity index (χ4v) is 2.80. The Labute approximate surface area is 126 Å². The van der Waals surface area contributed by atoms with Gasteiger partial charge in [0.1, 0.15) is 5.82 Å². The molecule has 3 aromatic heterocycles. The van der Waals surface area contributed by atoms with Gasteiger partial charge in [0, 0.05) is 23.8 Å². The quantitative estimate of drug-likeness (QED) is 0.728. The molecule has 5 nitrogen and oxygen atoms in total. The van der Waals surface area contributed by atoms with E-state index in [4.69, 9.17) is 4.74 Å². The van der Waals surface area contributed by atoms with E-state index in [2.05, 4.69) is 15.1 Å². The molecule has 4 heterocycles. The lowest BCUT2D eigenvalue weighted by atomic mass is 10.1. The van der Waals surface area contributed by atoms with Gasteiger partial charge in [0.25, 0.3) is 0 Å². The van der Waals surface area contributed by atoms with Crippen LogP contribution in [0.25, 0.3) is 22.2 Å². The Morgan fingerprint density at radius 1 is 1.14 bits per heavy atom. The fourth-order valence-electron chi connectivity index (χ4n) is 2.80. The van der Waals surface area contributed by atoms with Crippen molar-refractivity contribution in [3.8, 4) is 11.3 Å². The highest BCUT2D eigenvalue weighted by Crippen LogP contribution is 2.27. The summed E-state index contributed by atoms with van der Waals surface area (Å²) in [4.78, 5) is 8.29. The van der Waals surface area contributed by atoms with Crippen LogP contribution in [0, 0.1) is 5.82 Å². The van der Waals surface area contributed by atoms with Crippen LogP contribution in [0.1, 0.15) is 25.5 Å². The molecule has 22 heavy (non-hydrogen) atoms. The van der Waals surface area contributed by atoms with E-state index in [1.165, 1.54) is 12.3 Å². The molecule has 0 aromatic carbocycles. The van der Waals surface area contributed by atoms with Crippen LogP contribution in [0.5, 0.6) is 0 Å². The summed E-state index contributed by atoms with van der Waals surface area (Å²) in [6.07, 6.45) is 9.54. The van der Waals surface area contributed by atoms with Crippen LogP contribution in [0.3, 0.4) is 0 Å². The highest BCUT2D eigenvalue weighted by molar-refractivity contribution is 5.82. The summed E-state index contributed by atoms with van der Waals surface area (Å²) in [7, 11) is 0. The SMILES string of the molecule is Fc1cncc(-c2cc3cnn(C4CCCCO4)c3cn2)c1. The largest absolute Gasteiger partial charge is 0.356 e. The maximum Gasteiger partial charge on any atom is 0.150 e. The van der Waals surface area contributed by atoms with Crippen molar-refractivity contribution in [3.63, 3.8) is 0 Å². The van der Waals surface area contributed by atoms with Gasteiger partial charge in [-0.1, -0.05) is 0 Å². The van der Waals surface area contributed by atoms with Crippen molar-refractivity contribution >= 4 is 10.9 Å². The minimum Gasteiger partial charge on any atom is -0.356 e. The van der Waals surface area contributed by atoms with Crippen LogP contribution in [-0.2, 0) is 4.74 Å². The monoisotopic (exact) mass is 298 g/mol. The number of aromatic nitrogens is 4. The van der Waals surface area contributed by atoms with Crippen molar-refractivity contribution in [2.75, 3.05) is 6.61 Å². The first-order valence-electron chi connectivity index (χ1n) is 7.37. The second-order valence-electron chi connectivity index (χ2n) is 5.43. The number of halogens is 1. The highest BCUT2D eigenvalue weighted by Gasteiger charge is 2.18. The third-order valence-electron chi connectivity index (χ3n) is 3.91. The third-order valence-corrected chi connectivity index (χ3v) is 3.91. The standard InChI is InChI=1S/C16H15FN4O/c17-13-5-11(7-18-9-13)14-6-12-8-20-21(15(12)10-19-14)16-3-1-2-4-22-16/h5-10,16H,1-4H2. The van der Waals surface area contributed by atoms with Gasteiger partial charge in [-0.25, -0.2) is 9.07 Å². The van der Waals surface area contributed by atoms with Gasteiger partial charge in [-0.05, 0) is 31.4 Å². The maximum atomic E-state index is 13.3. The van der Waals surface area contributed by atoms with E-state index in [0.29, 0.717) is 11.3 Å². The summed E-state index contributed by atoms with van der Waals surface area (Å²) in [5.41, 5.74) is 2.27. The average Bonchev–Trinajstić information content (AvgIpc) is 2.99. The maximum absolute atomic E-state index is 13.3. The molecular formula is C16H15FN4O. The van der Waals surface area contributed by atoms with Crippen molar-refractivity contribution in [1.82, 2.24) is 19.7 Å². The van der Waals surface area contributed by atoms with Gasteiger partial charge in [0.15, 0.2) is 6.23 Å². The predicted molar refractivity (Wildman–Crippen MR) is 79.6 cm³/mol. The van der Waals surface area contributed by atoms with E-state index in [0.717, 1.165) is 36.8 Å². The van der Waals surface area contributed by atoms with E-state index < -0.39 is 0 Å². The van der Waals surface area contributed by atoms with Crippen LogP contribution in [0.15, 0.2) is 36.9 Å². The number of pyridine rings is 2. The second kappa shape index (κ2) is 5.46. The molecule has 1 saturated heterocycles. The Hall–Kier alpha value is -2.34. The summed E-state index contributed by atoms with van der Waals surface area (Å²) in [5, 5.41) is 5.39. The zero-order valence-electron chi connectivity index (χ0n) is 11.9. The second-order valence-corrected chi connectivity index (χ2v) is 5.43. The lowest BCUT2D eigenvalue weighted by molar-refractivity contribution is -0.0367. The van der Waals surface area contributed by atoms with Crippen LogP contribution in [0.2, 0.25) is 0 Å². The molecule has 6 heteroatoms. The molecule has 0 amide bonds. The van der Waals surface area contributed by atoms with Crippen molar-refractivity contribution in [1.29, 1.82) is 0 Å². The Balaban J connectivity index is 1.73. The van der Waals surface area contributed by atoms with Crippen LogP contribution < -0.4 is 0 Å². The summed E-state index contributed by atoms with van der Waals surface area (Å²) in [6, 6.07) is 3.33. The van der Waals surface area contributed by atoms with E-state index in [9.17, 15) is 4.39 Å². The molecule has 1 unspecified atom stereocenters. The summed E-state index contributed by atoms with van der Waals surface area (Å²) in [5.74, 6) is -0.370. The van der Waals surface area contributed by atoms with Crippen LogP contribution in [0.4, 0.5) is 4.39 Å². The smallest absolute Gasteiger partial charge is 0.150 e. The minimum atomic E-state index is -0.370. The molecular weight excluding hydrogens is 283 g/mol. The predicted octanol–water partition coefficient (Wildman–Crippen LogP) is 3.33. The van der Waals surface area contributed by atoms with Gasteiger partial charge in [-0.15, -0.1) is 0 Å². The molecule has 1 aliphatic rings. The number of hydrogen-bond donors (Lipinski definition) is 0. The third kappa shape index (κ3) is 2.35. The van der Waals surface area contributed by atoms with E-state index >= 15 is 0 Å². The molecule has 0 saturated carbocycles. The van der Waals surface area contributed by atoms with E-state index in [1.54, 1.807) is 18.6 Å². The highest BCUT2D eigenvalue weighted by atomic mass is 19.1. The van der Waals surface area contributed by atoms with Gasteiger partial charge in [-0.3, -0.25) is 9.97 Å². The molecule has 112 valence electrons. The molecule has 3 aromatic rings. The summed E-state index contributed by atoms with van der Waals surface area (Å²) in [6.45, 7) is 0.770. The average molecular weight is 298 g/mol. The van der Waals surface area contributed by atoms with E-state index in [1.807, 2.05) is 10.7 Å². The van der Waals surface area contributed by atoms with E-state index in [-0.39, 0.29) is 12.0 Å². The Bertz CT molecular complexity index is 811. The molecule has 1 aliphatic heterocycles. The molecule has 0 spiro atoms. The van der Waals surface area contributed by atoms with Gasteiger partial charge in [0.05, 0.1) is 29.8 Å². The van der Waals surface area contributed by atoms with Crippen LogP contribution >= 0.6 is 0 Å². The zero-order valence-corrected chi connectivity index (χ0v) is 11.9. The Morgan fingerprint density at radius 3 is 2.91 bits per heavy atom. The normalized spacial score (nSPS) is 18.7. The zero-order chi connectivity index (χ0) is 14.9. The van der Waals surface area contributed by atoms with Crippen molar-refractivity contribution in [2.24, 2.45) is 0 Å². The number of rotatable bonds is 2. The minimum absolute atomic E-state index is 0.0188. The van der Waals surface area contributed by atoms with Gasteiger partial charge in [0.2, 0.25) is 0 Å². The van der Waals surface area contributed by atoms with Gasteiger partial charge in [-0.2, -0.15) is 5.10 Å². The van der Waals surface area contributed by atoms with Gasteiger partial charge >= 0.3 is 0 Å². The Kier molecular flexibility index (Phi) is 3.31. The molecule has 1 atom stereocenters. The first-order valence-corrected chi connectivity index (χ1v) is 7.37. The van der Waals surface area contributed by atoms with Crippen molar-refractivity contribution < 1.29 is 9.13 Å². The number of hydrogen-bond acceptors (Lipinski definition) is 4. The van der Waals surface area contributed by atoms with Gasteiger partial charge < -0.3 is 4.74 Å². The fraction of sp³-hybridized carbons (Fsp3) is 0.312. The van der Waals surface area contributed by atoms with Crippen molar-refractivity contribution in [2.45, 2.75) is 25.5 Å². The Morgan fingerprint density at radius 2 is 2.09 bits per heavy atom. The van der Waals surface area contributed by atoms with Crippen LogP contribution in [-0.4, -0.2) is 26.4 Å². The molecule has 0 bridgehead atoms. The molecule has 0 aliphatic carbocycles. The number of nitrogens with zero attached hydrogens (tertiary/aromatic N) is 4.